The number of Topliss-reactive ketones (excluding diaryl/α,β-unsaturated/α-hetero) is 1. The van der Waals surface area contributed by atoms with Crippen molar-refractivity contribution in [2.75, 3.05) is 13.7 Å². The van der Waals surface area contributed by atoms with Gasteiger partial charge in [0.15, 0.2) is 22.8 Å². The number of aromatic nitrogens is 2. The first-order chi connectivity index (χ1) is 21.3. The number of fused-ring (bicyclic) bond motifs is 5. The lowest BCUT2D eigenvalue weighted by atomic mass is 9.69. The average molecular weight is 585 g/mol. The van der Waals surface area contributed by atoms with Gasteiger partial charge >= 0.3 is 0 Å². The van der Waals surface area contributed by atoms with Gasteiger partial charge < -0.3 is 19.3 Å². The van der Waals surface area contributed by atoms with E-state index in [1.807, 2.05) is 111 Å². The second-order valence-corrected chi connectivity index (χ2v) is 11.5. The molecule has 3 atom stereocenters. The van der Waals surface area contributed by atoms with Crippen LogP contribution in [0.5, 0.6) is 17.4 Å². The number of nitrogens with zero attached hydrogens (tertiary/aromatic N) is 2. The highest BCUT2D eigenvalue weighted by Gasteiger charge is 2.73. The lowest BCUT2D eigenvalue weighted by Crippen LogP contribution is -2.49. The van der Waals surface area contributed by atoms with Gasteiger partial charge in [0.05, 0.1) is 24.3 Å². The summed E-state index contributed by atoms with van der Waals surface area (Å²) in [5, 5.41) is 13.6. The third kappa shape index (κ3) is 3.96. The van der Waals surface area contributed by atoms with Crippen molar-refractivity contribution in [1.29, 1.82) is 0 Å². The smallest absolute Gasteiger partial charge is 0.221 e. The number of hydrogen-bond acceptors (Lipinski definition) is 7. The highest BCUT2D eigenvalue weighted by atomic mass is 16.5. The van der Waals surface area contributed by atoms with Crippen LogP contribution in [0.3, 0.4) is 0 Å². The number of benzene rings is 4. The molecule has 5 aromatic rings. The van der Waals surface area contributed by atoms with Crippen molar-refractivity contribution < 1.29 is 24.1 Å². The minimum Gasteiger partial charge on any atom is -0.497 e. The van der Waals surface area contributed by atoms with Crippen molar-refractivity contribution in [1.82, 2.24) is 9.97 Å². The second-order valence-electron chi connectivity index (χ2n) is 11.5. The average Bonchev–Trinajstić information content (AvgIpc) is 3.42. The molecule has 4 aromatic carbocycles. The van der Waals surface area contributed by atoms with E-state index in [9.17, 15) is 9.90 Å². The Labute approximate surface area is 256 Å². The molecule has 220 valence electrons. The molecular formula is C37H32N2O5. The number of carbonyl (C=O) groups excluding carboxylic acids is 1. The molecular weight excluding hydrogens is 552 g/mol. The van der Waals surface area contributed by atoms with E-state index in [0.717, 1.165) is 27.8 Å². The fourth-order valence-corrected chi connectivity index (χ4v) is 6.97. The Hall–Kier alpha value is -5.01. The molecule has 0 saturated carbocycles. The van der Waals surface area contributed by atoms with Gasteiger partial charge in [-0.2, -0.15) is 4.98 Å². The Balaban J connectivity index is 1.63. The Bertz CT molecular complexity index is 1890. The first-order valence-electron chi connectivity index (χ1n) is 14.6. The van der Waals surface area contributed by atoms with Gasteiger partial charge in [-0.05, 0) is 55.7 Å². The fourth-order valence-electron chi connectivity index (χ4n) is 6.97. The van der Waals surface area contributed by atoms with E-state index < -0.39 is 17.1 Å². The zero-order valence-corrected chi connectivity index (χ0v) is 25.0. The molecule has 7 heteroatoms. The van der Waals surface area contributed by atoms with E-state index in [1.54, 1.807) is 7.11 Å². The fraction of sp³-hybridized carbons (Fsp3) is 0.216. The minimum atomic E-state index is -1.76. The quantitative estimate of drug-likeness (QED) is 0.237. The van der Waals surface area contributed by atoms with Crippen molar-refractivity contribution in [3.8, 4) is 28.8 Å². The van der Waals surface area contributed by atoms with Crippen molar-refractivity contribution in [3.63, 3.8) is 0 Å². The van der Waals surface area contributed by atoms with Crippen LogP contribution in [-0.2, 0) is 16.0 Å². The van der Waals surface area contributed by atoms with Gasteiger partial charge in [0.25, 0.3) is 0 Å². The summed E-state index contributed by atoms with van der Waals surface area (Å²) >= 11 is 0. The number of aryl methyl sites for hydroxylation is 2. The predicted molar refractivity (Wildman–Crippen MR) is 166 cm³/mol. The third-order valence-electron chi connectivity index (χ3n) is 8.66. The Morgan fingerprint density at radius 3 is 2.27 bits per heavy atom. The number of rotatable bonds is 7. The molecule has 2 heterocycles. The largest absolute Gasteiger partial charge is 0.497 e. The van der Waals surface area contributed by atoms with Gasteiger partial charge in [0.1, 0.15) is 18.1 Å². The molecule has 2 aliphatic rings. The van der Waals surface area contributed by atoms with Crippen molar-refractivity contribution >= 4 is 5.78 Å². The minimum absolute atomic E-state index is 0.149. The molecule has 1 aliphatic heterocycles. The molecule has 0 spiro atoms. The topological polar surface area (TPSA) is 90.8 Å². The summed E-state index contributed by atoms with van der Waals surface area (Å²) in [5.41, 5.74) is 2.73. The zero-order chi connectivity index (χ0) is 30.6. The first-order valence-corrected chi connectivity index (χ1v) is 14.6. The molecule has 7 nitrogen and oxygen atoms in total. The molecule has 0 fully saturated rings. The van der Waals surface area contributed by atoms with E-state index in [-0.39, 0.29) is 18.3 Å². The molecule has 1 aromatic heterocycles. The molecule has 1 aliphatic carbocycles. The molecule has 0 unspecified atom stereocenters. The van der Waals surface area contributed by atoms with Gasteiger partial charge in [0.2, 0.25) is 5.88 Å². The van der Waals surface area contributed by atoms with Gasteiger partial charge in [-0.3, -0.25) is 4.79 Å². The number of carbonyl (C=O) groups is 1. The van der Waals surface area contributed by atoms with E-state index in [0.29, 0.717) is 34.1 Å². The summed E-state index contributed by atoms with van der Waals surface area (Å²) < 4.78 is 18.8. The van der Waals surface area contributed by atoms with Gasteiger partial charge in [0, 0.05) is 16.7 Å². The van der Waals surface area contributed by atoms with Crippen LogP contribution in [-0.4, -0.2) is 34.6 Å². The summed E-state index contributed by atoms with van der Waals surface area (Å²) in [6.45, 7) is 5.29. The van der Waals surface area contributed by atoms with E-state index in [2.05, 4.69) is 0 Å². The summed E-state index contributed by atoms with van der Waals surface area (Å²) in [4.78, 5) is 22.2. The van der Waals surface area contributed by atoms with Crippen LogP contribution in [0.4, 0.5) is 0 Å². The van der Waals surface area contributed by atoms with Crippen LogP contribution in [0.2, 0.25) is 0 Å². The number of ketones is 1. The summed E-state index contributed by atoms with van der Waals surface area (Å²) in [6, 6.07) is 31.1. The van der Waals surface area contributed by atoms with Crippen molar-refractivity contribution in [3.05, 3.63) is 136 Å². The van der Waals surface area contributed by atoms with Crippen LogP contribution in [0.25, 0.3) is 11.4 Å². The summed E-state index contributed by atoms with van der Waals surface area (Å²) in [7, 11) is 1.62. The van der Waals surface area contributed by atoms with Gasteiger partial charge in [-0.1, -0.05) is 78.9 Å². The Morgan fingerprint density at radius 1 is 0.932 bits per heavy atom. The van der Waals surface area contributed by atoms with Gasteiger partial charge in [-0.15, -0.1) is 0 Å². The predicted octanol–water partition coefficient (Wildman–Crippen LogP) is 6.41. The highest BCUT2D eigenvalue weighted by Crippen LogP contribution is 2.70. The van der Waals surface area contributed by atoms with Crippen LogP contribution in [0.15, 0.2) is 97.1 Å². The Kier molecular flexibility index (Phi) is 6.52. The standard InChI is InChI=1S/C37H32N2O5/c1-22-19-23(2)31-29(20-22)44-37(27-15-17-28(42-4)18-16-27)32(25-11-7-5-8-12-25)30-33(36(31,37)41)38-34(26-13-9-6-10-14-26)39-35(30)43-21-24(3)40/h5-20,32,41H,21H2,1-4H3/t32-,36+,37+/m1/s1. The number of aliphatic hydroxyl groups is 1. The number of methoxy groups -OCH3 is 1. The van der Waals surface area contributed by atoms with Crippen molar-refractivity contribution in [2.45, 2.75) is 37.9 Å². The van der Waals surface area contributed by atoms with Crippen LogP contribution >= 0.6 is 0 Å². The molecule has 0 saturated heterocycles. The van der Waals surface area contributed by atoms with Gasteiger partial charge in [-0.25, -0.2) is 4.98 Å². The van der Waals surface area contributed by atoms with E-state index in [1.165, 1.54) is 6.92 Å². The lowest BCUT2D eigenvalue weighted by molar-refractivity contribution is -0.119. The third-order valence-corrected chi connectivity index (χ3v) is 8.66. The highest BCUT2D eigenvalue weighted by molar-refractivity contribution is 5.77. The monoisotopic (exact) mass is 584 g/mol. The maximum atomic E-state index is 13.6. The summed E-state index contributed by atoms with van der Waals surface area (Å²) in [5.74, 6) is 1.13. The van der Waals surface area contributed by atoms with E-state index in [4.69, 9.17) is 24.2 Å². The van der Waals surface area contributed by atoms with Crippen molar-refractivity contribution in [2.24, 2.45) is 0 Å². The SMILES string of the molecule is COc1ccc([C@@]23Oc4cc(C)cc(C)c4[C@]2(O)c2nc(-c4ccccc4)nc(OCC(C)=O)c2[C@H]3c2ccccc2)cc1. The lowest BCUT2D eigenvalue weighted by Gasteiger charge is -2.40. The maximum Gasteiger partial charge on any atom is 0.221 e. The summed E-state index contributed by atoms with van der Waals surface area (Å²) in [6.07, 6.45) is 0. The normalized spacial score (nSPS) is 21.2. The molecule has 0 radical (unpaired) electrons. The number of hydrogen-bond donors (Lipinski definition) is 1. The first kappa shape index (κ1) is 27.8. The molecule has 0 amide bonds. The zero-order valence-electron chi connectivity index (χ0n) is 25.0. The molecule has 0 bridgehead atoms. The maximum absolute atomic E-state index is 13.6. The molecule has 44 heavy (non-hydrogen) atoms. The van der Waals surface area contributed by atoms with Crippen LogP contribution in [0, 0.1) is 13.8 Å². The molecule has 7 rings (SSSR count). The number of ether oxygens (including phenoxy) is 3. The Morgan fingerprint density at radius 2 is 1.61 bits per heavy atom. The molecule has 1 N–H and O–H groups in total. The van der Waals surface area contributed by atoms with Crippen LogP contribution < -0.4 is 14.2 Å². The second kappa shape index (κ2) is 10.3. The van der Waals surface area contributed by atoms with E-state index >= 15 is 0 Å². The van der Waals surface area contributed by atoms with Crippen LogP contribution in [0.1, 0.15) is 51.9 Å².